The summed E-state index contributed by atoms with van der Waals surface area (Å²) in [6, 6.07) is 8.36. The van der Waals surface area contributed by atoms with Crippen molar-refractivity contribution in [3.05, 3.63) is 72.4 Å². The minimum atomic E-state index is 0.621. The quantitative estimate of drug-likeness (QED) is 0.565. The van der Waals surface area contributed by atoms with Crippen LogP contribution >= 0.6 is 0 Å². The Kier molecular flexibility index (Phi) is 9.52. The van der Waals surface area contributed by atoms with Crippen LogP contribution in [0.2, 0.25) is 0 Å². The second kappa shape index (κ2) is 10.4. The molecule has 0 bridgehead atoms. The highest BCUT2D eigenvalue weighted by atomic mass is 14.1. The minimum absolute atomic E-state index is 0.621. The molecule has 1 atom stereocenters. The minimum Gasteiger partial charge on any atom is -0.0991 e. The number of benzene rings is 1. The zero-order valence-electron chi connectivity index (χ0n) is 12.9. The third-order valence-electron chi connectivity index (χ3n) is 3.26. The maximum absolute atomic E-state index is 3.77. The van der Waals surface area contributed by atoms with Crippen molar-refractivity contribution in [2.24, 2.45) is 5.92 Å². The fourth-order valence-corrected chi connectivity index (χ4v) is 1.83. The van der Waals surface area contributed by atoms with Crippen molar-refractivity contribution in [1.82, 2.24) is 0 Å². The van der Waals surface area contributed by atoms with Crippen LogP contribution in [0, 0.1) is 19.8 Å². The summed E-state index contributed by atoms with van der Waals surface area (Å²) in [5.41, 5.74) is 4.03. The lowest BCUT2D eigenvalue weighted by atomic mass is 9.96. The Morgan fingerprint density at radius 3 is 2.00 bits per heavy atom. The highest BCUT2D eigenvalue weighted by Gasteiger charge is 2.02. The largest absolute Gasteiger partial charge is 0.0991 e. The molecule has 19 heavy (non-hydrogen) atoms. The molecule has 1 unspecified atom stereocenters. The van der Waals surface area contributed by atoms with Gasteiger partial charge in [0.05, 0.1) is 0 Å². The summed E-state index contributed by atoms with van der Waals surface area (Å²) >= 11 is 0. The maximum atomic E-state index is 3.77. The molecule has 0 aliphatic heterocycles. The first kappa shape index (κ1) is 17.4. The van der Waals surface area contributed by atoms with Crippen LogP contribution in [0.5, 0.6) is 0 Å². The first-order valence-corrected chi connectivity index (χ1v) is 7.04. The van der Waals surface area contributed by atoms with Crippen LogP contribution in [0.4, 0.5) is 0 Å². The number of aryl methyl sites for hydroxylation is 2. The molecule has 0 radical (unpaired) electrons. The first-order valence-electron chi connectivity index (χ1n) is 7.04. The summed E-state index contributed by atoms with van der Waals surface area (Å²) in [6.45, 7) is 16.1. The third kappa shape index (κ3) is 7.46. The van der Waals surface area contributed by atoms with E-state index in [1.807, 2.05) is 18.2 Å². The van der Waals surface area contributed by atoms with Crippen molar-refractivity contribution in [3.8, 4) is 0 Å². The van der Waals surface area contributed by atoms with Crippen molar-refractivity contribution in [2.45, 2.75) is 40.5 Å². The molecule has 0 nitrogen and oxygen atoms in total. The first-order chi connectivity index (χ1) is 9.06. The molecule has 0 N–H and O–H groups in total. The van der Waals surface area contributed by atoms with Gasteiger partial charge in [-0.05, 0) is 42.9 Å². The van der Waals surface area contributed by atoms with Crippen LogP contribution in [0.15, 0.2) is 61.2 Å². The van der Waals surface area contributed by atoms with Gasteiger partial charge < -0.3 is 0 Å². The summed E-state index contributed by atoms with van der Waals surface area (Å²) in [5.74, 6) is 0.621. The second-order valence-electron chi connectivity index (χ2n) is 4.88. The van der Waals surface area contributed by atoms with Crippen LogP contribution in [0.1, 0.15) is 37.8 Å². The third-order valence-corrected chi connectivity index (χ3v) is 3.26. The van der Waals surface area contributed by atoms with Crippen molar-refractivity contribution in [2.75, 3.05) is 0 Å². The Hall–Kier alpha value is -1.56. The van der Waals surface area contributed by atoms with E-state index in [9.17, 15) is 0 Å². The van der Waals surface area contributed by atoms with Crippen LogP contribution in [0.3, 0.4) is 0 Å². The van der Waals surface area contributed by atoms with Crippen LogP contribution < -0.4 is 0 Å². The lowest BCUT2D eigenvalue weighted by Gasteiger charge is -2.09. The Morgan fingerprint density at radius 1 is 1.16 bits per heavy atom. The molecule has 0 amide bonds. The summed E-state index contributed by atoms with van der Waals surface area (Å²) in [4.78, 5) is 0. The topological polar surface area (TPSA) is 0 Å². The molecule has 1 aromatic rings. The summed E-state index contributed by atoms with van der Waals surface area (Å²) in [7, 11) is 0. The zero-order chi connectivity index (χ0) is 14.7. The van der Waals surface area contributed by atoms with Gasteiger partial charge in [-0.1, -0.05) is 75.9 Å². The van der Waals surface area contributed by atoms with E-state index in [-0.39, 0.29) is 0 Å². The van der Waals surface area contributed by atoms with E-state index in [2.05, 4.69) is 65.1 Å². The Morgan fingerprint density at radius 2 is 1.68 bits per heavy atom. The molecule has 0 saturated carbocycles. The molecule has 1 aromatic carbocycles. The standard InChI is InChI=1S/C11H18.C8H10/c1-5-8-10(4)11(7-3)9-6-2;1-7-5-3-4-6-8(7)2/h6-7,9-10H,2-3,5,8H2,1,4H3;3-6H,1-2H3/b11-9+;. The average Bonchev–Trinajstić information content (AvgIpc) is 2.40. The zero-order valence-corrected chi connectivity index (χ0v) is 12.9. The van der Waals surface area contributed by atoms with Gasteiger partial charge in [0.1, 0.15) is 0 Å². The van der Waals surface area contributed by atoms with E-state index in [0.717, 1.165) is 0 Å². The average molecular weight is 256 g/mol. The van der Waals surface area contributed by atoms with Gasteiger partial charge in [-0.15, -0.1) is 0 Å². The van der Waals surface area contributed by atoms with Gasteiger partial charge in [-0.3, -0.25) is 0 Å². The van der Waals surface area contributed by atoms with Crippen LogP contribution in [0.25, 0.3) is 0 Å². The van der Waals surface area contributed by atoms with E-state index < -0.39 is 0 Å². The SMILES string of the molecule is C=C/C=C(\C=C)C(C)CCC.Cc1ccccc1C. The highest BCUT2D eigenvalue weighted by Crippen LogP contribution is 2.16. The second-order valence-corrected chi connectivity index (χ2v) is 4.88. The smallest absolute Gasteiger partial charge is 0.0191 e. The highest BCUT2D eigenvalue weighted by molar-refractivity contribution is 5.23. The summed E-state index contributed by atoms with van der Waals surface area (Å²) in [6.07, 6.45) is 8.23. The number of hydrogen-bond donors (Lipinski definition) is 0. The number of allylic oxidation sites excluding steroid dienone is 4. The normalized spacial score (nSPS) is 12.1. The van der Waals surface area contributed by atoms with Crippen LogP contribution in [-0.2, 0) is 0 Å². The van der Waals surface area contributed by atoms with Gasteiger partial charge >= 0.3 is 0 Å². The summed E-state index contributed by atoms with van der Waals surface area (Å²) in [5, 5.41) is 0. The molecular weight excluding hydrogens is 228 g/mol. The Bertz CT molecular complexity index is 389. The monoisotopic (exact) mass is 256 g/mol. The molecule has 0 heterocycles. The van der Waals surface area contributed by atoms with Crippen molar-refractivity contribution < 1.29 is 0 Å². The molecular formula is C19H28. The molecule has 1 rings (SSSR count). The van der Waals surface area contributed by atoms with Crippen molar-refractivity contribution in [1.29, 1.82) is 0 Å². The predicted molar refractivity (Wildman–Crippen MR) is 88.5 cm³/mol. The van der Waals surface area contributed by atoms with Gasteiger partial charge in [0.15, 0.2) is 0 Å². The fourth-order valence-electron chi connectivity index (χ4n) is 1.83. The van der Waals surface area contributed by atoms with Crippen molar-refractivity contribution >= 4 is 0 Å². The molecule has 0 heteroatoms. The van der Waals surface area contributed by atoms with Gasteiger partial charge in [0.25, 0.3) is 0 Å². The van der Waals surface area contributed by atoms with Gasteiger partial charge in [0, 0.05) is 0 Å². The maximum Gasteiger partial charge on any atom is -0.0191 e. The van der Waals surface area contributed by atoms with Gasteiger partial charge in [0.2, 0.25) is 0 Å². The number of hydrogen-bond acceptors (Lipinski definition) is 0. The molecule has 0 aliphatic carbocycles. The molecule has 0 spiro atoms. The Balaban J connectivity index is 0.000000356. The molecule has 0 aliphatic rings. The lowest BCUT2D eigenvalue weighted by Crippen LogP contribution is -1.95. The summed E-state index contributed by atoms with van der Waals surface area (Å²) < 4.78 is 0. The van der Waals surface area contributed by atoms with Gasteiger partial charge in [-0.25, -0.2) is 0 Å². The molecule has 0 aromatic heterocycles. The van der Waals surface area contributed by atoms with E-state index in [1.165, 1.54) is 29.5 Å². The van der Waals surface area contributed by atoms with E-state index in [4.69, 9.17) is 0 Å². The van der Waals surface area contributed by atoms with E-state index in [1.54, 1.807) is 0 Å². The lowest BCUT2D eigenvalue weighted by molar-refractivity contribution is 0.613. The number of rotatable bonds is 5. The van der Waals surface area contributed by atoms with E-state index in [0.29, 0.717) is 5.92 Å². The molecule has 0 fully saturated rings. The van der Waals surface area contributed by atoms with Crippen molar-refractivity contribution in [3.63, 3.8) is 0 Å². The van der Waals surface area contributed by atoms with Gasteiger partial charge in [-0.2, -0.15) is 0 Å². The molecule has 104 valence electrons. The molecule has 0 saturated heterocycles. The predicted octanol–water partition coefficient (Wildman–Crippen LogP) is 6.02. The van der Waals surface area contributed by atoms with Crippen LogP contribution in [-0.4, -0.2) is 0 Å². The Labute approximate surface area is 119 Å². The van der Waals surface area contributed by atoms with E-state index >= 15 is 0 Å². The fraction of sp³-hybridized carbons (Fsp3) is 0.368.